The van der Waals surface area contributed by atoms with E-state index >= 15 is 0 Å². The SMILES string of the molecule is CC(C)(C)OC(=O)NCC(=O)N1CCC(CNC(=O)c2ccc3nc[nH]c3c2)CC1. The molecule has 0 aliphatic carbocycles. The van der Waals surface area contributed by atoms with Crippen molar-refractivity contribution in [3.63, 3.8) is 0 Å². The van der Waals surface area contributed by atoms with Gasteiger partial charge in [0.25, 0.3) is 5.91 Å². The fraction of sp³-hybridized carbons (Fsp3) is 0.524. The first kappa shape index (κ1) is 21.6. The van der Waals surface area contributed by atoms with Crippen molar-refractivity contribution in [1.82, 2.24) is 25.5 Å². The number of fused-ring (bicyclic) bond motifs is 1. The number of benzene rings is 1. The number of hydrogen-bond acceptors (Lipinski definition) is 5. The number of H-pyrrole nitrogens is 1. The van der Waals surface area contributed by atoms with E-state index in [9.17, 15) is 14.4 Å². The lowest BCUT2D eigenvalue weighted by Crippen LogP contribution is -2.46. The molecule has 0 bridgehead atoms. The summed E-state index contributed by atoms with van der Waals surface area (Å²) < 4.78 is 5.14. The predicted molar refractivity (Wildman–Crippen MR) is 112 cm³/mol. The van der Waals surface area contributed by atoms with Crippen molar-refractivity contribution in [2.75, 3.05) is 26.2 Å². The molecule has 0 saturated carbocycles. The van der Waals surface area contributed by atoms with Gasteiger partial charge in [-0.2, -0.15) is 0 Å². The number of rotatable bonds is 5. The highest BCUT2D eigenvalue weighted by Gasteiger charge is 2.24. The second kappa shape index (κ2) is 9.15. The normalized spacial score (nSPS) is 15.1. The zero-order chi connectivity index (χ0) is 21.7. The summed E-state index contributed by atoms with van der Waals surface area (Å²) >= 11 is 0. The van der Waals surface area contributed by atoms with Crippen LogP contribution >= 0.6 is 0 Å². The number of nitrogens with one attached hydrogen (secondary N) is 3. The van der Waals surface area contributed by atoms with Gasteiger partial charge in [0.1, 0.15) is 12.1 Å². The van der Waals surface area contributed by atoms with Gasteiger partial charge in [0.05, 0.1) is 17.4 Å². The second-order valence-corrected chi connectivity index (χ2v) is 8.52. The number of likely N-dealkylation sites (tertiary alicyclic amines) is 1. The summed E-state index contributed by atoms with van der Waals surface area (Å²) in [5, 5.41) is 5.48. The van der Waals surface area contributed by atoms with Crippen molar-refractivity contribution in [3.8, 4) is 0 Å². The molecule has 1 fully saturated rings. The van der Waals surface area contributed by atoms with Crippen molar-refractivity contribution in [2.45, 2.75) is 39.2 Å². The third-order valence-electron chi connectivity index (χ3n) is 4.98. The molecule has 9 nitrogen and oxygen atoms in total. The lowest BCUT2D eigenvalue weighted by atomic mass is 9.96. The summed E-state index contributed by atoms with van der Waals surface area (Å²) in [4.78, 5) is 45.3. The molecule has 9 heteroatoms. The quantitative estimate of drug-likeness (QED) is 0.691. The van der Waals surface area contributed by atoms with E-state index in [0.29, 0.717) is 31.1 Å². The first-order valence-corrected chi connectivity index (χ1v) is 10.2. The van der Waals surface area contributed by atoms with Gasteiger partial charge < -0.3 is 25.3 Å². The van der Waals surface area contributed by atoms with E-state index in [4.69, 9.17) is 4.74 Å². The van der Waals surface area contributed by atoms with Gasteiger partial charge in [-0.05, 0) is 57.7 Å². The molecular weight excluding hydrogens is 386 g/mol. The fourth-order valence-electron chi connectivity index (χ4n) is 3.38. The Kier molecular flexibility index (Phi) is 6.59. The van der Waals surface area contributed by atoms with E-state index in [1.807, 2.05) is 6.07 Å². The van der Waals surface area contributed by atoms with Crippen LogP contribution in [0, 0.1) is 5.92 Å². The summed E-state index contributed by atoms with van der Waals surface area (Å²) in [6.07, 6.45) is 2.61. The standard InChI is InChI=1S/C21H29N5O4/c1-21(2,3)30-20(29)23-12-18(27)26-8-6-14(7-9-26)11-22-19(28)15-4-5-16-17(10-15)25-13-24-16/h4-5,10,13-14H,6-9,11-12H2,1-3H3,(H,22,28)(H,23,29)(H,24,25). The molecule has 1 aliphatic rings. The first-order valence-electron chi connectivity index (χ1n) is 10.2. The molecule has 3 amide bonds. The molecule has 3 rings (SSSR count). The minimum Gasteiger partial charge on any atom is -0.444 e. The minimum atomic E-state index is -0.597. The van der Waals surface area contributed by atoms with E-state index in [1.54, 1.807) is 44.1 Å². The number of nitrogens with zero attached hydrogens (tertiary/aromatic N) is 2. The Morgan fingerprint density at radius 1 is 1.20 bits per heavy atom. The van der Waals surface area contributed by atoms with Crippen LogP contribution in [0.5, 0.6) is 0 Å². The maximum atomic E-state index is 12.4. The maximum absolute atomic E-state index is 12.4. The summed E-state index contributed by atoms with van der Waals surface area (Å²) in [5.41, 5.74) is 1.65. The molecule has 0 atom stereocenters. The highest BCUT2D eigenvalue weighted by Crippen LogP contribution is 2.17. The lowest BCUT2D eigenvalue weighted by Gasteiger charge is -2.32. The number of alkyl carbamates (subject to hydrolysis) is 1. The zero-order valence-electron chi connectivity index (χ0n) is 17.7. The number of amides is 3. The molecular formula is C21H29N5O4. The molecule has 1 saturated heterocycles. The maximum Gasteiger partial charge on any atom is 0.408 e. The molecule has 1 aromatic heterocycles. The van der Waals surface area contributed by atoms with E-state index in [1.165, 1.54) is 0 Å². The van der Waals surface area contributed by atoms with Crippen LogP contribution in [0.3, 0.4) is 0 Å². The molecule has 1 aliphatic heterocycles. The van der Waals surface area contributed by atoms with E-state index in [2.05, 4.69) is 20.6 Å². The van der Waals surface area contributed by atoms with Crippen LogP contribution < -0.4 is 10.6 Å². The number of carbonyl (C=O) groups is 3. The number of piperidine rings is 1. The van der Waals surface area contributed by atoms with Crippen LogP contribution in [0.15, 0.2) is 24.5 Å². The van der Waals surface area contributed by atoms with Crippen LogP contribution in [-0.4, -0.2) is 64.6 Å². The third-order valence-corrected chi connectivity index (χ3v) is 4.98. The fourth-order valence-corrected chi connectivity index (χ4v) is 3.38. The van der Waals surface area contributed by atoms with Gasteiger partial charge in [0, 0.05) is 25.2 Å². The highest BCUT2D eigenvalue weighted by atomic mass is 16.6. The molecule has 2 aromatic rings. The molecule has 162 valence electrons. The summed E-state index contributed by atoms with van der Waals surface area (Å²) in [6, 6.07) is 5.37. The zero-order valence-corrected chi connectivity index (χ0v) is 17.7. The van der Waals surface area contributed by atoms with Gasteiger partial charge in [-0.3, -0.25) is 9.59 Å². The van der Waals surface area contributed by atoms with Crippen LogP contribution in [0.4, 0.5) is 4.79 Å². The second-order valence-electron chi connectivity index (χ2n) is 8.52. The van der Waals surface area contributed by atoms with Crippen LogP contribution in [0.2, 0.25) is 0 Å². The van der Waals surface area contributed by atoms with Gasteiger partial charge in [0.15, 0.2) is 0 Å². The topological polar surface area (TPSA) is 116 Å². The summed E-state index contributed by atoms with van der Waals surface area (Å²) in [5.74, 6) is 0.0653. The number of carbonyl (C=O) groups excluding carboxylic acids is 3. The Morgan fingerprint density at radius 3 is 2.63 bits per heavy atom. The number of aromatic nitrogens is 2. The first-order chi connectivity index (χ1) is 14.2. The van der Waals surface area contributed by atoms with E-state index in [-0.39, 0.29) is 18.4 Å². The van der Waals surface area contributed by atoms with Gasteiger partial charge in [-0.1, -0.05) is 0 Å². The highest BCUT2D eigenvalue weighted by molar-refractivity contribution is 5.97. The van der Waals surface area contributed by atoms with Crippen molar-refractivity contribution >= 4 is 28.9 Å². The Bertz CT molecular complexity index is 910. The van der Waals surface area contributed by atoms with Crippen molar-refractivity contribution in [1.29, 1.82) is 0 Å². The number of ether oxygens (including phenoxy) is 1. The smallest absolute Gasteiger partial charge is 0.408 e. The van der Waals surface area contributed by atoms with Gasteiger partial charge in [0.2, 0.25) is 5.91 Å². The Morgan fingerprint density at radius 2 is 1.93 bits per heavy atom. The van der Waals surface area contributed by atoms with Gasteiger partial charge in [-0.15, -0.1) is 0 Å². The monoisotopic (exact) mass is 415 g/mol. The lowest BCUT2D eigenvalue weighted by molar-refractivity contribution is -0.131. The van der Waals surface area contributed by atoms with Crippen LogP contribution in [-0.2, 0) is 9.53 Å². The third kappa shape index (κ3) is 5.95. The van der Waals surface area contributed by atoms with E-state index < -0.39 is 11.7 Å². The summed E-state index contributed by atoms with van der Waals surface area (Å²) in [6.45, 7) is 7.02. The molecule has 3 N–H and O–H groups in total. The molecule has 0 unspecified atom stereocenters. The molecule has 0 radical (unpaired) electrons. The van der Waals surface area contributed by atoms with Gasteiger partial charge >= 0.3 is 6.09 Å². The number of hydrogen-bond donors (Lipinski definition) is 3. The van der Waals surface area contributed by atoms with E-state index in [0.717, 1.165) is 23.9 Å². The molecule has 1 aromatic carbocycles. The Hall–Kier alpha value is -3.10. The number of aromatic amines is 1. The summed E-state index contributed by atoms with van der Waals surface area (Å²) in [7, 11) is 0. The van der Waals surface area contributed by atoms with Crippen molar-refractivity contribution in [3.05, 3.63) is 30.1 Å². The van der Waals surface area contributed by atoms with Crippen LogP contribution in [0.1, 0.15) is 44.0 Å². The average Bonchev–Trinajstić information content (AvgIpc) is 3.17. The van der Waals surface area contributed by atoms with Crippen LogP contribution in [0.25, 0.3) is 11.0 Å². The number of imidazole rings is 1. The molecule has 0 spiro atoms. The predicted octanol–water partition coefficient (Wildman–Crippen LogP) is 2.06. The van der Waals surface area contributed by atoms with Crippen molar-refractivity contribution < 1.29 is 19.1 Å². The Balaban J connectivity index is 1.38. The van der Waals surface area contributed by atoms with Gasteiger partial charge in [-0.25, -0.2) is 9.78 Å². The Labute approximate surface area is 175 Å². The largest absolute Gasteiger partial charge is 0.444 e. The minimum absolute atomic E-state index is 0.0770. The molecule has 2 heterocycles. The average molecular weight is 415 g/mol. The molecule has 30 heavy (non-hydrogen) atoms. The van der Waals surface area contributed by atoms with Crippen molar-refractivity contribution in [2.24, 2.45) is 5.92 Å².